The zero-order chi connectivity index (χ0) is 14.4. The highest BCUT2D eigenvalue weighted by molar-refractivity contribution is 9.10. The minimum absolute atomic E-state index is 0.175. The molecule has 0 saturated heterocycles. The van der Waals surface area contributed by atoms with Gasteiger partial charge in [0.15, 0.2) is 0 Å². The Morgan fingerprint density at radius 1 is 1.45 bits per heavy atom. The quantitative estimate of drug-likeness (QED) is 0.715. The first-order valence-electron chi connectivity index (χ1n) is 7.01. The van der Waals surface area contributed by atoms with Crippen molar-refractivity contribution in [2.45, 2.75) is 38.3 Å². The van der Waals surface area contributed by atoms with Gasteiger partial charge in [-0.25, -0.2) is 0 Å². The van der Waals surface area contributed by atoms with Crippen molar-refractivity contribution in [3.8, 4) is 5.75 Å². The molecule has 1 aromatic carbocycles. The number of carbonyl (C=O) groups excluding carboxylic acids is 1. The summed E-state index contributed by atoms with van der Waals surface area (Å²) >= 11 is 3.46. The Morgan fingerprint density at radius 3 is 2.95 bits per heavy atom. The molecule has 0 atom stereocenters. The van der Waals surface area contributed by atoms with Crippen LogP contribution >= 0.6 is 15.9 Å². The minimum atomic E-state index is 0.175. The number of hydrogen-bond donors (Lipinski definition) is 2. The van der Waals surface area contributed by atoms with E-state index in [4.69, 9.17) is 4.74 Å². The summed E-state index contributed by atoms with van der Waals surface area (Å²) in [5.41, 5.74) is 1.12. The molecule has 20 heavy (non-hydrogen) atoms. The lowest BCUT2D eigenvalue weighted by Crippen LogP contribution is -2.26. The van der Waals surface area contributed by atoms with E-state index >= 15 is 0 Å². The summed E-state index contributed by atoms with van der Waals surface area (Å²) in [4.78, 5) is 11.5. The van der Waals surface area contributed by atoms with Gasteiger partial charge in [-0.3, -0.25) is 4.79 Å². The number of nitrogens with one attached hydrogen (secondary N) is 2. The molecule has 1 aromatic rings. The molecule has 1 amide bonds. The van der Waals surface area contributed by atoms with Crippen LogP contribution < -0.4 is 15.4 Å². The molecule has 0 unspecified atom stereocenters. The predicted octanol–water partition coefficient (Wildman–Crippen LogP) is 2.61. The maximum Gasteiger partial charge on any atom is 0.220 e. The number of halogens is 1. The van der Waals surface area contributed by atoms with Crippen molar-refractivity contribution in [1.82, 2.24) is 10.6 Å². The highest BCUT2D eigenvalue weighted by Crippen LogP contribution is 2.22. The van der Waals surface area contributed by atoms with Crippen LogP contribution in [0.1, 0.15) is 31.2 Å². The van der Waals surface area contributed by atoms with Crippen LogP contribution in [0.3, 0.4) is 0 Å². The Bertz CT molecular complexity index is 461. The van der Waals surface area contributed by atoms with Crippen molar-refractivity contribution in [2.75, 3.05) is 13.7 Å². The highest BCUT2D eigenvalue weighted by Gasteiger charge is 2.22. The summed E-state index contributed by atoms with van der Waals surface area (Å²) in [5, 5.41) is 6.34. The average molecular weight is 341 g/mol. The topological polar surface area (TPSA) is 50.4 Å². The molecule has 0 bridgehead atoms. The van der Waals surface area contributed by atoms with E-state index in [1.165, 1.54) is 0 Å². The van der Waals surface area contributed by atoms with Gasteiger partial charge in [0.05, 0.1) is 7.11 Å². The number of ether oxygens (including phenoxy) is 1. The van der Waals surface area contributed by atoms with E-state index in [1.807, 2.05) is 18.2 Å². The SMILES string of the molecule is COc1ccc(Br)cc1CNCCCC(=O)NC1CC1. The first-order valence-corrected chi connectivity index (χ1v) is 7.81. The van der Waals surface area contributed by atoms with Gasteiger partial charge < -0.3 is 15.4 Å². The number of benzene rings is 1. The average Bonchev–Trinajstić information content (AvgIpc) is 3.22. The van der Waals surface area contributed by atoms with Gasteiger partial charge in [-0.1, -0.05) is 15.9 Å². The number of rotatable bonds is 8. The van der Waals surface area contributed by atoms with Gasteiger partial charge in [-0.15, -0.1) is 0 Å². The molecule has 0 aromatic heterocycles. The largest absolute Gasteiger partial charge is 0.496 e. The van der Waals surface area contributed by atoms with Gasteiger partial charge >= 0.3 is 0 Å². The summed E-state index contributed by atoms with van der Waals surface area (Å²) in [5.74, 6) is 1.06. The molecule has 4 nitrogen and oxygen atoms in total. The lowest BCUT2D eigenvalue weighted by Gasteiger charge is -2.10. The van der Waals surface area contributed by atoms with Crippen molar-refractivity contribution in [1.29, 1.82) is 0 Å². The van der Waals surface area contributed by atoms with Crippen LogP contribution in [0.4, 0.5) is 0 Å². The third-order valence-electron chi connectivity index (χ3n) is 3.26. The van der Waals surface area contributed by atoms with Crippen LogP contribution in [0, 0.1) is 0 Å². The Hall–Kier alpha value is -1.07. The summed E-state index contributed by atoms with van der Waals surface area (Å²) in [6.07, 6.45) is 3.74. The van der Waals surface area contributed by atoms with Gasteiger partial charge in [0, 0.05) is 29.0 Å². The lowest BCUT2D eigenvalue weighted by atomic mass is 10.2. The molecule has 0 aliphatic heterocycles. The molecule has 110 valence electrons. The van der Waals surface area contributed by atoms with E-state index in [0.29, 0.717) is 12.5 Å². The highest BCUT2D eigenvalue weighted by atomic mass is 79.9. The molecular weight excluding hydrogens is 320 g/mol. The van der Waals surface area contributed by atoms with Gasteiger partial charge in [0.2, 0.25) is 5.91 Å². The summed E-state index contributed by atoms with van der Waals surface area (Å²) in [6, 6.07) is 6.42. The second kappa shape index (κ2) is 7.64. The van der Waals surface area contributed by atoms with Crippen LogP contribution in [0.5, 0.6) is 5.75 Å². The first-order chi connectivity index (χ1) is 9.69. The van der Waals surface area contributed by atoms with E-state index in [2.05, 4.69) is 26.6 Å². The number of carbonyl (C=O) groups is 1. The predicted molar refractivity (Wildman–Crippen MR) is 82.8 cm³/mol. The molecule has 2 N–H and O–H groups in total. The normalized spacial score (nSPS) is 14.1. The molecule has 0 heterocycles. The van der Waals surface area contributed by atoms with E-state index in [0.717, 1.165) is 48.1 Å². The number of methoxy groups -OCH3 is 1. The molecule has 1 fully saturated rings. The Kier molecular flexibility index (Phi) is 5.86. The van der Waals surface area contributed by atoms with Crippen LogP contribution in [-0.4, -0.2) is 25.6 Å². The van der Waals surface area contributed by atoms with Crippen molar-refractivity contribution < 1.29 is 9.53 Å². The summed E-state index contributed by atoms with van der Waals surface area (Å²) < 4.78 is 6.36. The van der Waals surface area contributed by atoms with E-state index in [9.17, 15) is 4.79 Å². The van der Waals surface area contributed by atoms with Gasteiger partial charge in [-0.05, 0) is 44.0 Å². The molecule has 1 aliphatic carbocycles. The van der Waals surface area contributed by atoms with Crippen LogP contribution in [0.2, 0.25) is 0 Å². The Morgan fingerprint density at radius 2 is 2.25 bits per heavy atom. The fourth-order valence-corrected chi connectivity index (χ4v) is 2.42. The van der Waals surface area contributed by atoms with E-state index in [-0.39, 0.29) is 5.91 Å². The zero-order valence-electron chi connectivity index (χ0n) is 11.7. The molecule has 0 radical (unpaired) electrons. The Balaban J connectivity index is 1.65. The van der Waals surface area contributed by atoms with Gasteiger partial charge in [0.25, 0.3) is 0 Å². The van der Waals surface area contributed by atoms with Crippen LogP contribution in [-0.2, 0) is 11.3 Å². The van der Waals surface area contributed by atoms with E-state index in [1.54, 1.807) is 7.11 Å². The number of hydrogen-bond acceptors (Lipinski definition) is 3. The van der Waals surface area contributed by atoms with Crippen molar-refractivity contribution in [3.63, 3.8) is 0 Å². The maximum absolute atomic E-state index is 11.5. The smallest absolute Gasteiger partial charge is 0.220 e. The number of amides is 1. The molecular formula is C15H21BrN2O2. The first kappa shape index (κ1) is 15.3. The molecule has 5 heteroatoms. The third kappa shape index (κ3) is 5.13. The second-order valence-electron chi connectivity index (χ2n) is 5.08. The zero-order valence-corrected chi connectivity index (χ0v) is 13.3. The minimum Gasteiger partial charge on any atom is -0.496 e. The molecule has 1 saturated carbocycles. The van der Waals surface area contributed by atoms with Crippen molar-refractivity contribution >= 4 is 21.8 Å². The molecule has 1 aliphatic rings. The second-order valence-corrected chi connectivity index (χ2v) is 5.99. The van der Waals surface area contributed by atoms with Gasteiger partial charge in [0.1, 0.15) is 5.75 Å². The fourth-order valence-electron chi connectivity index (χ4n) is 2.01. The van der Waals surface area contributed by atoms with Gasteiger partial charge in [-0.2, -0.15) is 0 Å². The monoisotopic (exact) mass is 340 g/mol. The maximum atomic E-state index is 11.5. The fraction of sp³-hybridized carbons (Fsp3) is 0.533. The lowest BCUT2D eigenvalue weighted by molar-refractivity contribution is -0.121. The Labute approximate surface area is 128 Å². The van der Waals surface area contributed by atoms with Crippen LogP contribution in [0.15, 0.2) is 22.7 Å². The van der Waals surface area contributed by atoms with Crippen molar-refractivity contribution in [2.24, 2.45) is 0 Å². The summed E-state index contributed by atoms with van der Waals surface area (Å²) in [6.45, 7) is 1.57. The summed E-state index contributed by atoms with van der Waals surface area (Å²) in [7, 11) is 1.68. The standard InChI is InChI=1S/C15H21BrN2O2/c1-20-14-7-4-12(16)9-11(14)10-17-8-2-3-15(19)18-13-5-6-13/h4,7,9,13,17H,2-3,5-6,8,10H2,1H3,(H,18,19). The third-order valence-corrected chi connectivity index (χ3v) is 3.75. The van der Waals surface area contributed by atoms with E-state index < -0.39 is 0 Å². The molecule has 0 spiro atoms. The molecule has 2 rings (SSSR count). The van der Waals surface area contributed by atoms with Crippen molar-refractivity contribution in [3.05, 3.63) is 28.2 Å². The van der Waals surface area contributed by atoms with Crippen LogP contribution in [0.25, 0.3) is 0 Å².